The van der Waals surface area contributed by atoms with Gasteiger partial charge in [0.2, 0.25) is 11.8 Å². The fourth-order valence-electron chi connectivity index (χ4n) is 5.39. The number of nitrogens with zero attached hydrogens (tertiary/aromatic N) is 6. The van der Waals surface area contributed by atoms with Crippen molar-refractivity contribution in [2.75, 3.05) is 6.67 Å². The minimum atomic E-state index is -4.44. The Morgan fingerprint density at radius 1 is 1.02 bits per heavy atom. The monoisotopic (exact) mass is 614 g/mol. The van der Waals surface area contributed by atoms with E-state index in [0.29, 0.717) is 16.9 Å². The Balaban J connectivity index is 1.37. The predicted molar refractivity (Wildman–Crippen MR) is 140 cm³/mol. The molecule has 2 fully saturated rings. The van der Waals surface area contributed by atoms with Crippen LogP contribution in [-0.2, 0) is 11.3 Å². The summed E-state index contributed by atoms with van der Waals surface area (Å²) in [5.74, 6) is -4.39. The Morgan fingerprint density at radius 3 is 2.42 bits per heavy atom. The number of carbonyl (C=O) groups excluding carboxylic acids is 2. The van der Waals surface area contributed by atoms with Crippen LogP contribution in [0.2, 0.25) is 0 Å². The molecule has 43 heavy (non-hydrogen) atoms. The second-order valence-electron chi connectivity index (χ2n) is 11.3. The lowest BCUT2D eigenvalue weighted by Gasteiger charge is -2.33. The van der Waals surface area contributed by atoms with Crippen LogP contribution in [-0.4, -0.2) is 60.2 Å². The maximum atomic E-state index is 14.0. The summed E-state index contributed by atoms with van der Waals surface area (Å²) in [6.45, 7) is -0.372. The first-order valence-electron chi connectivity index (χ1n) is 14.3. The van der Waals surface area contributed by atoms with Crippen LogP contribution in [0.4, 0.5) is 26.3 Å². The summed E-state index contributed by atoms with van der Waals surface area (Å²) in [4.78, 5) is 31.3. The third-order valence-corrected chi connectivity index (χ3v) is 7.86. The molecule has 0 saturated heterocycles. The first-order valence-corrected chi connectivity index (χ1v) is 14.3. The number of rotatable bonds is 12. The van der Waals surface area contributed by atoms with E-state index in [0.717, 1.165) is 12.8 Å². The van der Waals surface area contributed by atoms with Crippen molar-refractivity contribution in [2.24, 2.45) is 11.8 Å². The molecule has 5 rings (SSSR count). The van der Waals surface area contributed by atoms with E-state index in [9.17, 15) is 35.9 Å². The highest BCUT2D eigenvalue weighted by Gasteiger charge is 2.40. The molecule has 0 spiro atoms. The highest BCUT2D eigenvalue weighted by Crippen LogP contribution is 2.43. The fraction of sp³-hybridized carbons (Fsp3) is 0.630. The predicted octanol–water partition coefficient (Wildman–Crippen LogP) is 4.89. The molecule has 234 valence electrons. The number of aryl methyl sites for hydroxylation is 1. The van der Waals surface area contributed by atoms with Crippen molar-refractivity contribution in [2.45, 2.75) is 88.5 Å². The topological polar surface area (TPSA) is 119 Å². The number of hydrogen-bond donors (Lipinski definition) is 2. The molecule has 0 aromatic carbocycles. The quantitative estimate of drug-likeness (QED) is 0.281. The first-order chi connectivity index (χ1) is 20.4. The van der Waals surface area contributed by atoms with Crippen LogP contribution >= 0.6 is 0 Å². The number of alkyl halides is 6. The van der Waals surface area contributed by atoms with Gasteiger partial charge in [0, 0.05) is 19.3 Å². The van der Waals surface area contributed by atoms with Gasteiger partial charge in [0.15, 0.2) is 11.3 Å². The van der Waals surface area contributed by atoms with E-state index < -0.39 is 55.5 Å². The van der Waals surface area contributed by atoms with E-state index in [4.69, 9.17) is 0 Å². The Bertz CT molecular complexity index is 1430. The number of hydrogen-bond acceptors (Lipinski definition) is 6. The lowest BCUT2D eigenvalue weighted by molar-refractivity contribution is -0.144. The van der Waals surface area contributed by atoms with Crippen LogP contribution in [0.25, 0.3) is 5.65 Å². The van der Waals surface area contributed by atoms with Gasteiger partial charge in [0.1, 0.15) is 0 Å². The lowest BCUT2D eigenvalue weighted by atomic mass is 9.81. The van der Waals surface area contributed by atoms with Crippen LogP contribution in [0.3, 0.4) is 0 Å². The zero-order valence-corrected chi connectivity index (χ0v) is 23.2. The summed E-state index contributed by atoms with van der Waals surface area (Å²) < 4.78 is 79.7. The molecule has 0 aliphatic heterocycles. The highest BCUT2D eigenvalue weighted by molar-refractivity contribution is 5.92. The van der Waals surface area contributed by atoms with Gasteiger partial charge in [0.25, 0.3) is 5.91 Å². The van der Waals surface area contributed by atoms with Crippen LogP contribution in [0.1, 0.15) is 91.6 Å². The fourth-order valence-corrected chi connectivity index (χ4v) is 5.39. The van der Waals surface area contributed by atoms with E-state index >= 15 is 0 Å². The van der Waals surface area contributed by atoms with E-state index in [1.54, 1.807) is 12.3 Å². The summed E-state index contributed by atoms with van der Waals surface area (Å²) in [7, 11) is 0. The molecule has 2 atom stereocenters. The average Bonchev–Trinajstić information content (AvgIpc) is 3.52. The summed E-state index contributed by atoms with van der Waals surface area (Å²) in [6.07, 6.45) is -0.601. The van der Waals surface area contributed by atoms with Gasteiger partial charge in [-0.05, 0) is 55.6 Å². The third-order valence-electron chi connectivity index (χ3n) is 7.86. The average molecular weight is 615 g/mol. The molecule has 3 aromatic heterocycles. The zero-order chi connectivity index (χ0) is 30.8. The molecular formula is C27H32F6N8O2. The summed E-state index contributed by atoms with van der Waals surface area (Å²) in [5.41, 5.74) is 1.31. The van der Waals surface area contributed by atoms with E-state index in [-0.39, 0.29) is 56.2 Å². The van der Waals surface area contributed by atoms with Crippen molar-refractivity contribution in [1.29, 1.82) is 0 Å². The summed E-state index contributed by atoms with van der Waals surface area (Å²) in [6, 6.07) is 0.383. The van der Waals surface area contributed by atoms with Crippen molar-refractivity contribution in [3.8, 4) is 0 Å². The first kappa shape index (κ1) is 30.7. The third kappa shape index (κ3) is 8.02. The molecule has 1 unspecified atom stereocenters. The molecule has 3 heterocycles. The van der Waals surface area contributed by atoms with Gasteiger partial charge in [-0.1, -0.05) is 0 Å². The van der Waals surface area contributed by atoms with Crippen LogP contribution in [0, 0.1) is 11.8 Å². The molecule has 0 bridgehead atoms. The van der Waals surface area contributed by atoms with Crippen LogP contribution in [0.15, 0.2) is 24.7 Å². The molecule has 10 nitrogen and oxygen atoms in total. The summed E-state index contributed by atoms with van der Waals surface area (Å²) in [5, 5.41) is 18.0. The second kappa shape index (κ2) is 12.5. The van der Waals surface area contributed by atoms with Gasteiger partial charge >= 0.3 is 6.18 Å². The Hall–Kier alpha value is -3.72. The van der Waals surface area contributed by atoms with Gasteiger partial charge < -0.3 is 10.6 Å². The van der Waals surface area contributed by atoms with E-state index in [1.807, 2.05) is 0 Å². The van der Waals surface area contributed by atoms with Crippen molar-refractivity contribution in [3.05, 3.63) is 41.6 Å². The normalized spacial score (nSPS) is 18.8. The summed E-state index contributed by atoms with van der Waals surface area (Å²) >= 11 is 0. The van der Waals surface area contributed by atoms with Gasteiger partial charge in [0.05, 0.1) is 56.0 Å². The zero-order valence-electron chi connectivity index (χ0n) is 23.2. The maximum Gasteiger partial charge on any atom is 0.389 e. The number of nitrogens with one attached hydrogen (secondary N) is 2. The molecule has 2 aliphatic rings. The Labute approximate surface area is 242 Å². The standard InChI is InChI=1S/C27H32F6N8O2/c28-10-1-11-41-35-14-19(39-41)25(43)38-24(17-4-7-26(29,30)8-5-17)20-15-40-21(36-20)12-18(13-34-40)23(16-2-3-16)37-22(42)6-9-27(31,32)33/h12-17,23-24H,1-11H2,(H,37,42)(H,38,43)/t23?,24-/m0/s1. The van der Waals surface area contributed by atoms with Gasteiger partial charge in [-0.25, -0.2) is 18.3 Å². The minimum Gasteiger partial charge on any atom is -0.349 e. The number of carbonyl (C=O) groups is 2. The van der Waals surface area contributed by atoms with Crippen LogP contribution < -0.4 is 10.6 Å². The molecule has 3 aromatic rings. The minimum absolute atomic E-state index is 0.0114. The van der Waals surface area contributed by atoms with E-state index in [2.05, 4.69) is 30.9 Å². The number of imidazole rings is 1. The van der Waals surface area contributed by atoms with Gasteiger partial charge in [-0.3, -0.25) is 14.0 Å². The van der Waals surface area contributed by atoms with E-state index in [1.165, 1.54) is 21.7 Å². The molecule has 2 aliphatic carbocycles. The van der Waals surface area contributed by atoms with Crippen molar-refractivity contribution in [1.82, 2.24) is 40.2 Å². The molecule has 2 saturated carbocycles. The second-order valence-corrected chi connectivity index (χ2v) is 11.3. The SMILES string of the molecule is O=C(CCC(F)(F)F)NC(c1cnn2cc([C@@H](NC(=O)c3cnn(CCCF)n3)C3CCC(F)(F)CC3)nc2c1)C1CC1. The molecule has 16 heteroatoms. The number of amides is 2. The maximum absolute atomic E-state index is 14.0. The smallest absolute Gasteiger partial charge is 0.349 e. The molecule has 2 amide bonds. The number of aromatic nitrogens is 6. The molecule has 2 N–H and O–H groups in total. The van der Waals surface area contributed by atoms with Gasteiger partial charge in [-0.2, -0.15) is 28.2 Å². The highest BCUT2D eigenvalue weighted by atomic mass is 19.4. The lowest BCUT2D eigenvalue weighted by Crippen LogP contribution is -2.37. The van der Waals surface area contributed by atoms with Gasteiger partial charge in [-0.15, -0.1) is 5.10 Å². The Kier molecular flexibility index (Phi) is 8.92. The van der Waals surface area contributed by atoms with Crippen molar-refractivity contribution < 1.29 is 35.9 Å². The largest absolute Gasteiger partial charge is 0.389 e. The number of fused-ring (bicyclic) bond motifs is 1. The van der Waals surface area contributed by atoms with Crippen molar-refractivity contribution in [3.63, 3.8) is 0 Å². The number of halogens is 6. The molecular weight excluding hydrogens is 582 g/mol. The van der Waals surface area contributed by atoms with Crippen molar-refractivity contribution >= 4 is 17.5 Å². The Morgan fingerprint density at radius 2 is 1.74 bits per heavy atom. The molecule has 0 radical (unpaired) electrons. The van der Waals surface area contributed by atoms with Crippen LogP contribution in [0.5, 0.6) is 0 Å².